The Kier molecular flexibility index (Phi) is 4.45. The molecule has 0 aliphatic heterocycles. The average Bonchev–Trinajstić information content (AvgIpc) is 2.32. The molecular formula is C13H9BrCl2N2O. The smallest absolute Gasteiger partial charge is 0.255 e. The molecule has 1 aromatic heterocycles. The summed E-state index contributed by atoms with van der Waals surface area (Å²) in [7, 11) is 0. The summed E-state index contributed by atoms with van der Waals surface area (Å²) in [5.74, 6) is -0.285. The Hall–Kier alpha value is -1.10. The lowest BCUT2D eigenvalue weighted by Crippen LogP contribution is -2.12. The number of pyridine rings is 1. The van der Waals surface area contributed by atoms with Crippen molar-refractivity contribution in [2.45, 2.75) is 6.92 Å². The number of amides is 1. The molecule has 0 radical (unpaired) electrons. The molecule has 0 aliphatic carbocycles. The van der Waals surface area contributed by atoms with Crippen molar-refractivity contribution in [3.05, 3.63) is 56.2 Å². The van der Waals surface area contributed by atoms with Crippen LogP contribution in [0.25, 0.3) is 0 Å². The number of hydrogen-bond acceptors (Lipinski definition) is 2. The van der Waals surface area contributed by atoms with Crippen LogP contribution >= 0.6 is 39.1 Å². The minimum absolute atomic E-state index is 0.232. The predicted molar refractivity (Wildman–Crippen MR) is 81.1 cm³/mol. The number of aromatic nitrogens is 1. The Labute approximate surface area is 129 Å². The number of nitrogens with one attached hydrogen (secondary N) is 1. The summed E-state index contributed by atoms with van der Waals surface area (Å²) in [5.41, 5.74) is 1.83. The predicted octanol–water partition coefficient (Wildman–Crippen LogP) is 4.71. The fourth-order valence-electron chi connectivity index (χ4n) is 1.57. The summed E-state index contributed by atoms with van der Waals surface area (Å²) < 4.78 is 0.731. The summed E-state index contributed by atoms with van der Waals surface area (Å²) in [6, 6.07) is 6.82. The number of carbonyl (C=O) groups is 1. The third kappa shape index (κ3) is 3.69. The van der Waals surface area contributed by atoms with E-state index in [-0.39, 0.29) is 11.1 Å². The first-order chi connectivity index (χ1) is 8.95. The van der Waals surface area contributed by atoms with E-state index in [1.165, 1.54) is 0 Å². The molecule has 1 amide bonds. The van der Waals surface area contributed by atoms with E-state index in [0.29, 0.717) is 16.3 Å². The molecule has 6 heteroatoms. The van der Waals surface area contributed by atoms with E-state index >= 15 is 0 Å². The summed E-state index contributed by atoms with van der Waals surface area (Å²) in [5, 5.41) is 3.45. The van der Waals surface area contributed by atoms with Crippen LogP contribution in [-0.2, 0) is 0 Å². The minimum atomic E-state index is -0.285. The molecular weight excluding hydrogens is 351 g/mol. The second-order valence-electron chi connectivity index (χ2n) is 3.96. The second kappa shape index (κ2) is 5.90. The highest BCUT2D eigenvalue weighted by molar-refractivity contribution is 9.10. The standard InChI is InChI=1S/C13H9BrCl2N2O/c1-7-2-8(4-10(15)3-7)13(19)18-11-5-9(14)6-17-12(11)16/h2-6H,1H3,(H,18,19). The quantitative estimate of drug-likeness (QED) is 0.789. The minimum Gasteiger partial charge on any atom is -0.319 e. The number of halogens is 3. The van der Waals surface area contributed by atoms with Crippen molar-refractivity contribution >= 4 is 50.7 Å². The second-order valence-corrected chi connectivity index (χ2v) is 5.67. The molecule has 1 N–H and O–H groups in total. The molecule has 1 aromatic carbocycles. The number of aryl methyl sites for hydroxylation is 1. The van der Waals surface area contributed by atoms with Gasteiger partial charge in [-0.25, -0.2) is 4.98 Å². The Morgan fingerprint density at radius 2 is 2.00 bits per heavy atom. The van der Waals surface area contributed by atoms with Crippen LogP contribution in [0, 0.1) is 6.92 Å². The molecule has 0 spiro atoms. The molecule has 0 aliphatic rings. The van der Waals surface area contributed by atoms with Gasteiger partial charge in [-0.1, -0.05) is 23.2 Å². The van der Waals surface area contributed by atoms with Gasteiger partial charge in [0.05, 0.1) is 5.69 Å². The lowest BCUT2D eigenvalue weighted by atomic mass is 10.1. The van der Waals surface area contributed by atoms with Crippen molar-refractivity contribution in [3.8, 4) is 0 Å². The first kappa shape index (κ1) is 14.3. The van der Waals surface area contributed by atoms with Crippen molar-refractivity contribution in [2.24, 2.45) is 0 Å². The highest BCUT2D eigenvalue weighted by atomic mass is 79.9. The summed E-state index contributed by atoms with van der Waals surface area (Å²) >= 11 is 15.1. The van der Waals surface area contributed by atoms with Gasteiger partial charge in [-0.15, -0.1) is 0 Å². The fraction of sp³-hybridized carbons (Fsp3) is 0.0769. The highest BCUT2D eigenvalue weighted by Gasteiger charge is 2.10. The lowest BCUT2D eigenvalue weighted by molar-refractivity contribution is 0.102. The van der Waals surface area contributed by atoms with Crippen LogP contribution in [-0.4, -0.2) is 10.9 Å². The molecule has 2 aromatic rings. The Morgan fingerprint density at radius 3 is 2.68 bits per heavy atom. The van der Waals surface area contributed by atoms with Gasteiger partial charge in [0.15, 0.2) is 5.15 Å². The molecule has 0 bridgehead atoms. The lowest BCUT2D eigenvalue weighted by Gasteiger charge is -2.08. The van der Waals surface area contributed by atoms with E-state index in [9.17, 15) is 4.79 Å². The summed E-state index contributed by atoms with van der Waals surface area (Å²) in [6.45, 7) is 1.87. The monoisotopic (exact) mass is 358 g/mol. The van der Waals surface area contributed by atoms with Crippen molar-refractivity contribution in [2.75, 3.05) is 5.32 Å². The first-order valence-electron chi connectivity index (χ1n) is 5.35. The van der Waals surface area contributed by atoms with Crippen LogP contribution in [0.4, 0.5) is 5.69 Å². The zero-order valence-electron chi connectivity index (χ0n) is 9.88. The van der Waals surface area contributed by atoms with Crippen molar-refractivity contribution in [1.29, 1.82) is 0 Å². The van der Waals surface area contributed by atoms with Crippen LogP contribution in [0.2, 0.25) is 10.2 Å². The van der Waals surface area contributed by atoms with Gasteiger partial charge in [0.2, 0.25) is 0 Å². The van der Waals surface area contributed by atoms with E-state index in [1.54, 1.807) is 30.5 Å². The molecule has 19 heavy (non-hydrogen) atoms. The van der Waals surface area contributed by atoms with E-state index in [4.69, 9.17) is 23.2 Å². The molecule has 3 nitrogen and oxygen atoms in total. The maximum atomic E-state index is 12.1. The third-order valence-corrected chi connectivity index (χ3v) is 3.31. The summed E-state index contributed by atoms with van der Waals surface area (Å²) in [6.07, 6.45) is 1.56. The number of hydrogen-bond donors (Lipinski definition) is 1. The van der Waals surface area contributed by atoms with Gasteiger partial charge < -0.3 is 5.32 Å². The fourth-order valence-corrected chi connectivity index (χ4v) is 2.34. The zero-order valence-corrected chi connectivity index (χ0v) is 13.0. The van der Waals surface area contributed by atoms with Gasteiger partial charge in [0, 0.05) is 21.3 Å². The van der Waals surface area contributed by atoms with Crippen LogP contribution < -0.4 is 5.32 Å². The summed E-state index contributed by atoms with van der Waals surface area (Å²) in [4.78, 5) is 16.0. The van der Waals surface area contributed by atoms with Crippen molar-refractivity contribution in [3.63, 3.8) is 0 Å². The van der Waals surface area contributed by atoms with Gasteiger partial charge in [0.1, 0.15) is 0 Å². The normalized spacial score (nSPS) is 10.3. The Balaban J connectivity index is 2.28. The van der Waals surface area contributed by atoms with Crippen LogP contribution in [0.5, 0.6) is 0 Å². The molecule has 2 rings (SSSR count). The average molecular weight is 360 g/mol. The number of anilines is 1. The van der Waals surface area contributed by atoms with Gasteiger partial charge in [-0.3, -0.25) is 4.79 Å². The van der Waals surface area contributed by atoms with E-state index in [1.807, 2.05) is 6.92 Å². The van der Waals surface area contributed by atoms with Gasteiger partial charge >= 0.3 is 0 Å². The van der Waals surface area contributed by atoms with Crippen molar-refractivity contribution in [1.82, 2.24) is 4.98 Å². The number of carbonyl (C=O) groups excluding carboxylic acids is 1. The van der Waals surface area contributed by atoms with Crippen LogP contribution in [0.1, 0.15) is 15.9 Å². The van der Waals surface area contributed by atoms with Gasteiger partial charge in [-0.05, 0) is 52.7 Å². The number of benzene rings is 1. The number of rotatable bonds is 2. The molecule has 1 heterocycles. The molecule has 0 atom stereocenters. The van der Waals surface area contributed by atoms with Gasteiger partial charge in [0.25, 0.3) is 5.91 Å². The Morgan fingerprint density at radius 1 is 1.26 bits per heavy atom. The Bertz CT molecular complexity index is 626. The maximum Gasteiger partial charge on any atom is 0.255 e. The third-order valence-electron chi connectivity index (χ3n) is 2.36. The molecule has 0 saturated carbocycles. The highest BCUT2D eigenvalue weighted by Crippen LogP contribution is 2.24. The number of nitrogens with zero attached hydrogens (tertiary/aromatic N) is 1. The topological polar surface area (TPSA) is 42.0 Å². The van der Waals surface area contributed by atoms with Crippen molar-refractivity contribution < 1.29 is 4.79 Å². The first-order valence-corrected chi connectivity index (χ1v) is 6.90. The molecule has 0 unspecified atom stereocenters. The van der Waals surface area contributed by atoms with Crippen LogP contribution in [0.3, 0.4) is 0 Å². The molecule has 0 fully saturated rings. The SMILES string of the molecule is Cc1cc(Cl)cc(C(=O)Nc2cc(Br)cnc2Cl)c1. The zero-order chi connectivity index (χ0) is 14.0. The molecule has 0 saturated heterocycles. The van der Waals surface area contributed by atoms with Crippen LogP contribution in [0.15, 0.2) is 34.9 Å². The van der Waals surface area contributed by atoms with Gasteiger partial charge in [-0.2, -0.15) is 0 Å². The molecule has 98 valence electrons. The largest absolute Gasteiger partial charge is 0.319 e. The van der Waals surface area contributed by atoms with E-state index in [2.05, 4.69) is 26.2 Å². The van der Waals surface area contributed by atoms with E-state index < -0.39 is 0 Å². The van der Waals surface area contributed by atoms with E-state index in [0.717, 1.165) is 10.0 Å². The maximum absolute atomic E-state index is 12.1.